The van der Waals surface area contributed by atoms with Crippen LogP contribution in [0.2, 0.25) is 0 Å². The molecule has 0 aromatic carbocycles. The van der Waals surface area contributed by atoms with Crippen LogP contribution in [0.4, 0.5) is 0 Å². The number of hydrogen-bond acceptors (Lipinski definition) is 2. The van der Waals surface area contributed by atoms with Crippen LogP contribution in [-0.2, 0) is 0 Å². The van der Waals surface area contributed by atoms with Crippen molar-refractivity contribution in [2.45, 2.75) is 64.2 Å². The zero-order valence-electron chi connectivity index (χ0n) is 9.39. The van der Waals surface area contributed by atoms with E-state index < -0.39 is 0 Å². The molecule has 1 fully saturated rings. The summed E-state index contributed by atoms with van der Waals surface area (Å²) in [6.07, 6.45) is 5.74. The van der Waals surface area contributed by atoms with Crippen LogP contribution in [0.25, 0.3) is 0 Å². The van der Waals surface area contributed by atoms with Crippen molar-refractivity contribution >= 4 is 11.9 Å². The minimum Gasteiger partial charge on any atom is -0.261 e. The Kier molecular flexibility index (Phi) is 4.11. The van der Waals surface area contributed by atoms with Crippen LogP contribution in [0.15, 0.2) is 0 Å². The van der Waals surface area contributed by atoms with Crippen molar-refractivity contribution in [2.24, 2.45) is 5.92 Å². The van der Waals surface area contributed by atoms with Crippen molar-refractivity contribution in [2.75, 3.05) is 0 Å². The lowest BCUT2D eigenvalue weighted by atomic mass is 10.0. The monoisotopic (exact) mass is 201 g/mol. The molecule has 0 aromatic heterocycles. The quantitative estimate of drug-likeness (QED) is 0.700. The van der Waals surface area contributed by atoms with E-state index >= 15 is 0 Å². The third kappa shape index (κ3) is 4.37. The van der Waals surface area contributed by atoms with Crippen molar-refractivity contribution in [3.05, 3.63) is 0 Å². The molecule has 0 bridgehead atoms. The van der Waals surface area contributed by atoms with Gasteiger partial charge in [-0.3, -0.25) is 4.72 Å². The van der Waals surface area contributed by atoms with Gasteiger partial charge in [-0.1, -0.05) is 24.8 Å². The maximum atomic E-state index is 3.58. The standard InChI is InChI=1S/C11H23NS/c1-9(10-7-5-6-8-10)12-13-11(2,3)4/h9-10,12H,5-8H2,1-4H3/t9-/m1/s1. The normalized spacial score (nSPS) is 22.2. The van der Waals surface area contributed by atoms with Gasteiger partial charge in [-0.2, -0.15) is 0 Å². The Morgan fingerprint density at radius 3 is 2.23 bits per heavy atom. The maximum absolute atomic E-state index is 3.58. The molecule has 13 heavy (non-hydrogen) atoms. The maximum Gasteiger partial charge on any atom is 0.0220 e. The van der Waals surface area contributed by atoms with Gasteiger partial charge in [-0.05, 0) is 46.5 Å². The van der Waals surface area contributed by atoms with Gasteiger partial charge in [0.1, 0.15) is 0 Å². The fourth-order valence-corrected chi connectivity index (χ4v) is 2.56. The Morgan fingerprint density at radius 1 is 1.23 bits per heavy atom. The minimum atomic E-state index is 0.340. The molecular formula is C11H23NS. The van der Waals surface area contributed by atoms with Crippen molar-refractivity contribution in [3.63, 3.8) is 0 Å². The molecule has 0 aromatic rings. The van der Waals surface area contributed by atoms with Crippen molar-refractivity contribution in [1.82, 2.24) is 4.72 Å². The van der Waals surface area contributed by atoms with Gasteiger partial charge in [0.2, 0.25) is 0 Å². The van der Waals surface area contributed by atoms with Crippen LogP contribution in [0, 0.1) is 5.92 Å². The topological polar surface area (TPSA) is 12.0 Å². The second-order valence-electron chi connectivity index (χ2n) is 5.17. The van der Waals surface area contributed by atoms with E-state index in [9.17, 15) is 0 Å². The molecule has 1 aliphatic rings. The third-order valence-electron chi connectivity index (χ3n) is 2.66. The fraction of sp³-hybridized carbons (Fsp3) is 1.00. The van der Waals surface area contributed by atoms with Crippen molar-refractivity contribution in [3.8, 4) is 0 Å². The molecule has 0 heterocycles. The van der Waals surface area contributed by atoms with Crippen LogP contribution in [0.1, 0.15) is 53.4 Å². The van der Waals surface area contributed by atoms with E-state index in [0.29, 0.717) is 10.8 Å². The average molecular weight is 201 g/mol. The number of hydrogen-bond donors (Lipinski definition) is 1. The molecule has 1 saturated carbocycles. The number of nitrogens with one attached hydrogen (secondary N) is 1. The first-order chi connectivity index (χ1) is 5.99. The molecule has 78 valence electrons. The molecule has 0 amide bonds. The second kappa shape index (κ2) is 4.70. The first-order valence-electron chi connectivity index (χ1n) is 5.42. The number of rotatable bonds is 3. The van der Waals surface area contributed by atoms with Gasteiger partial charge in [-0.25, -0.2) is 0 Å². The molecule has 1 rings (SSSR count). The molecule has 1 aliphatic carbocycles. The lowest BCUT2D eigenvalue weighted by Crippen LogP contribution is -2.30. The first-order valence-corrected chi connectivity index (χ1v) is 6.24. The van der Waals surface area contributed by atoms with Crippen LogP contribution < -0.4 is 4.72 Å². The molecule has 0 saturated heterocycles. The zero-order valence-corrected chi connectivity index (χ0v) is 10.2. The van der Waals surface area contributed by atoms with Crippen LogP contribution >= 0.6 is 11.9 Å². The van der Waals surface area contributed by atoms with E-state index in [1.807, 2.05) is 11.9 Å². The minimum absolute atomic E-state index is 0.340. The molecule has 0 aliphatic heterocycles. The summed E-state index contributed by atoms with van der Waals surface area (Å²) in [6.45, 7) is 9.10. The Labute approximate surface area is 87.2 Å². The summed E-state index contributed by atoms with van der Waals surface area (Å²) in [6, 6.07) is 0.687. The van der Waals surface area contributed by atoms with Crippen LogP contribution in [0.5, 0.6) is 0 Å². The van der Waals surface area contributed by atoms with Gasteiger partial charge >= 0.3 is 0 Å². The molecule has 1 N–H and O–H groups in total. The second-order valence-corrected chi connectivity index (χ2v) is 6.83. The predicted octanol–water partition coefficient (Wildman–Crippen LogP) is 3.60. The summed E-state index contributed by atoms with van der Waals surface area (Å²) in [5.41, 5.74) is 0. The highest BCUT2D eigenvalue weighted by molar-refractivity contribution is 7.98. The smallest absolute Gasteiger partial charge is 0.0220 e. The average Bonchev–Trinajstić information content (AvgIpc) is 2.50. The summed E-state index contributed by atoms with van der Waals surface area (Å²) in [5, 5.41) is 0. The SMILES string of the molecule is C[C@@H](NSC(C)(C)C)C1CCCC1. The van der Waals surface area contributed by atoms with E-state index in [1.54, 1.807) is 0 Å². The summed E-state index contributed by atoms with van der Waals surface area (Å²) in [4.78, 5) is 0. The fourth-order valence-electron chi connectivity index (χ4n) is 1.82. The Bertz CT molecular complexity index is 145. The first kappa shape index (κ1) is 11.4. The Hall–Kier alpha value is 0.310. The van der Waals surface area contributed by atoms with Gasteiger partial charge in [0.05, 0.1) is 0 Å². The Balaban J connectivity index is 2.20. The van der Waals surface area contributed by atoms with Gasteiger partial charge in [0, 0.05) is 10.8 Å². The molecule has 1 nitrogen and oxygen atoms in total. The van der Waals surface area contributed by atoms with E-state index in [2.05, 4.69) is 32.4 Å². The molecule has 2 heteroatoms. The van der Waals surface area contributed by atoms with Gasteiger partial charge in [0.25, 0.3) is 0 Å². The zero-order chi connectivity index (χ0) is 9.90. The molecule has 1 atom stereocenters. The molecule has 0 radical (unpaired) electrons. The summed E-state index contributed by atoms with van der Waals surface area (Å²) < 4.78 is 3.92. The van der Waals surface area contributed by atoms with Crippen LogP contribution in [-0.4, -0.2) is 10.8 Å². The highest BCUT2D eigenvalue weighted by Crippen LogP contribution is 2.30. The van der Waals surface area contributed by atoms with Crippen molar-refractivity contribution < 1.29 is 0 Å². The van der Waals surface area contributed by atoms with Gasteiger partial charge in [-0.15, -0.1) is 0 Å². The van der Waals surface area contributed by atoms with Crippen molar-refractivity contribution in [1.29, 1.82) is 0 Å². The van der Waals surface area contributed by atoms with E-state index in [-0.39, 0.29) is 0 Å². The predicted molar refractivity (Wildman–Crippen MR) is 61.9 cm³/mol. The van der Waals surface area contributed by atoms with Gasteiger partial charge < -0.3 is 0 Å². The lowest BCUT2D eigenvalue weighted by Gasteiger charge is -2.25. The summed E-state index contributed by atoms with van der Waals surface area (Å²) >= 11 is 1.88. The van der Waals surface area contributed by atoms with Gasteiger partial charge in [0.15, 0.2) is 0 Å². The molecule has 0 unspecified atom stereocenters. The molecular weight excluding hydrogens is 178 g/mol. The van der Waals surface area contributed by atoms with Crippen LogP contribution in [0.3, 0.4) is 0 Å². The van der Waals surface area contributed by atoms with E-state index in [1.165, 1.54) is 25.7 Å². The highest BCUT2D eigenvalue weighted by atomic mass is 32.2. The third-order valence-corrected chi connectivity index (χ3v) is 3.76. The summed E-state index contributed by atoms with van der Waals surface area (Å²) in [7, 11) is 0. The molecule has 0 spiro atoms. The lowest BCUT2D eigenvalue weighted by molar-refractivity contribution is 0.436. The summed E-state index contributed by atoms with van der Waals surface area (Å²) in [5.74, 6) is 0.926. The Morgan fingerprint density at radius 2 is 1.77 bits per heavy atom. The van der Waals surface area contributed by atoms with E-state index in [0.717, 1.165) is 5.92 Å². The highest BCUT2D eigenvalue weighted by Gasteiger charge is 2.22. The van der Waals surface area contributed by atoms with E-state index in [4.69, 9.17) is 0 Å². The largest absolute Gasteiger partial charge is 0.261 e.